The number of amides is 2. The minimum atomic E-state index is -0.288. The third kappa shape index (κ3) is 4.95. The average Bonchev–Trinajstić information content (AvgIpc) is 2.69. The van der Waals surface area contributed by atoms with Crippen molar-refractivity contribution in [2.24, 2.45) is 0 Å². The monoisotopic (exact) mass is 412 g/mol. The van der Waals surface area contributed by atoms with Crippen molar-refractivity contribution in [1.82, 2.24) is 20.2 Å². The molecule has 0 aliphatic carbocycles. The average molecular weight is 413 g/mol. The van der Waals surface area contributed by atoms with Crippen LogP contribution < -0.4 is 16.2 Å². The van der Waals surface area contributed by atoms with Gasteiger partial charge in [0.1, 0.15) is 0 Å². The van der Waals surface area contributed by atoms with Crippen molar-refractivity contribution in [2.45, 2.75) is 38.5 Å². The van der Waals surface area contributed by atoms with Gasteiger partial charge in [-0.05, 0) is 43.7 Å². The maximum Gasteiger partial charge on any atom is 0.262 e. The Hall–Kier alpha value is -2.87. The van der Waals surface area contributed by atoms with Crippen molar-refractivity contribution in [3.05, 3.63) is 46.8 Å². The van der Waals surface area contributed by atoms with Crippen molar-refractivity contribution in [1.29, 1.82) is 0 Å². The molecule has 0 fully saturated rings. The zero-order valence-corrected chi connectivity index (χ0v) is 17.5. The van der Waals surface area contributed by atoms with Gasteiger partial charge in [0.2, 0.25) is 11.8 Å². The van der Waals surface area contributed by atoms with Gasteiger partial charge < -0.3 is 10.6 Å². The molecule has 3 aromatic rings. The Labute approximate surface area is 172 Å². The molecule has 1 heterocycles. The predicted molar refractivity (Wildman–Crippen MR) is 116 cm³/mol. The van der Waals surface area contributed by atoms with E-state index in [1.165, 1.54) is 11.8 Å². The van der Waals surface area contributed by atoms with E-state index in [-0.39, 0.29) is 35.7 Å². The van der Waals surface area contributed by atoms with Gasteiger partial charge in [-0.2, -0.15) is 0 Å². The van der Waals surface area contributed by atoms with Crippen molar-refractivity contribution in [2.75, 3.05) is 12.3 Å². The molecule has 0 unspecified atom stereocenters. The number of carbonyl (C=O) groups is 2. The summed E-state index contributed by atoms with van der Waals surface area (Å²) in [6.07, 6.45) is 0. The topological polar surface area (TPSA) is 93.1 Å². The second-order valence-corrected chi connectivity index (χ2v) is 7.89. The molecule has 29 heavy (non-hydrogen) atoms. The van der Waals surface area contributed by atoms with Gasteiger partial charge in [-0.25, -0.2) is 4.98 Å². The molecule has 2 amide bonds. The Bertz CT molecular complexity index is 1120. The molecule has 1 aromatic heterocycles. The lowest BCUT2D eigenvalue weighted by Crippen LogP contribution is -2.40. The number of hydrogen-bond acceptors (Lipinski definition) is 5. The minimum Gasteiger partial charge on any atom is -0.352 e. The van der Waals surface area contributed by atoms with E-state index >= 15 is 0 Å². The van der Waals surface area contributed by atoms with E-state index in [0.717, 1.165) is 10.8 Å². The first-order chi connectivity index (χ1) is 13.9. The minimum absolute atomic E-state index is 0.0191. The van der Waals surface area contributed by atoms with E-state index < -0.39 is 0 Å². The molecule has 0 radical (unpaired) electrons. The first-order valence-electron chi connectivity index (χ1n) is 9.51. The van der Waals surface area contributed by atoms with Crippen LogP contribution in [0.25, 0.3) is 21.7 Å². The summed E-state index contributed by atoms with van der Waals surface area (Å²) >= 11 is 1.19. The van der Waals surface area contributed by atoms with E-state index in [4.69, 9.17) is 0 Å². The zero-order valence-electron chi connectivity index (χ0n) is 16.7. The summed E-state index contributed by atoms with van der Waals surface area (Å²) in [6.45, 7) is 5.96. The zero-order chi connectivity index (χ0) is 21.0. The standard InChI is InChI=1S/C21H24N4O3S/c1-4-25-20(28)16-9-14-7-5-6-8-15(14)10-17(16)24-21(25)29-12-19(27)22-11-18(26)23-13(2)3/h5-10,13H,4,11-12H2,1-3H3,(H,22,27)(H,23,26). The largest absolute Gasteiger partial charge is 0.352 e. The van der Waals surface area contributed by atoms with Gasteiger partial charge in [0.05, 0.1) is 23.2 Å². The molecule has 2 aromatic carbocycles. The third-order valence-electron chi connectivity index (χ3n) is 4.33. The number of benzene rings is 2. The maximum atomic E-state index is 12.9. The Morgan fingerprint density at radius 3 is 2.48 bits per heavy atom. The molecule has 0 bridgehead atoms. The summed E-state index contributed by atoms with van der Waals surface area (Å²) in [5.74, 6) is -0.454. The molecule has 7 nitrogen and oxygen atoms in total. The molecule has 0 saturated carbocycles. The lowest BCUT2D eigenvalue weighted by Gasteiger charge is -2.12. The summed E-state index contributed by atoms with van der Waals surface area (Å²) in [4.78, 5) is 41.3. The molecule has 0 spiro atoms. The van der Waals surface area contributed by atoms with Crippen molar-refractivity contribution in [3.63, 3.8) is 0 Å². The van der Waals surface area contributed by atoms with Crippen LogP contribution in [0.2, 0.25) is 0 Å². The Morgan fingerprint density at radius 2 is 1.83 bits per heavy atom. The van der Waals surface area contributed by atoms with Crippen molar-refractivity contribution in [3.8, 4) is 0 Å². The summed E-state index contributed by atoms with van der Waals surface area (Å²) < 4.78 is 1.57. The van der Waals surface area contributed by atoms with E-state index in [2.05, 4.69) is 15.6 Å². The summed E-state index contributed by atoms with van der Waals surface area (Å²) in [6, 6.07) is 11.6. The molecular formula is C21H24N4O3S. The SMILES string of the molecule is CCn1c(SCC(=O)NCC(=O)NC(C)C)nc2cc3ccccc3cc2c1=O. The highest BCUT2D eigenvalue weighted by atomic mass is 32.2. The van der Waals surface area contributed by atoms with E-state index in [1.807, 2.05) is 57.2 Å². The number of hydrogen-bond donors (Lipinski definition) is 2. The van der Waals surface area contributed by atoms with Gasteiger partial charge >= 0.3 is 0 Å². The van der Waals surface area contributed by atoms with Gasteiger partial charge in [0.15, 0.2) is 5.16 Å². The third-order valence-corrected chi connectivity index (χ3v) is 5.31. The molecule has 0 saturated heterocycles. The highest BCUT2D eigenvalue weighted by Crippen LogP contribution is 2.22. The number of aromatic nitrogens is 2. The predicted octanol–water partition coefficient (Wildman–Crippen LogP) is 2.30. The van der Waals surface area contributed by atoms with Crippen LogP contribution in [-0.2, 0) is 16.1 Å². The van der Waals surface area contributed by atoms with Gasteiger partial charge in [0, 0.05) is 12.6 Å². The fraction of sp³-hybridized carbons (Fsp3) is 0.333. The normalized spacial score (nSPS) is 11.2. The van der Waals surface area contributed by atoms with Crippen LogP contribution in [0.4, 0.5) is 0 Å². The number of thioether (sulfide) groups is 1. The number of rotatable bonds is 7. The van der Waals surface area contributed by atoms with Crippen LogP contribution in [0.1, 0.15) is 20.8 Å². The van der Waals surface area contributed by atoms with Crippen molar-refractivity contribution >= 4 is 45.3 Å². The molecule has 152 valence electrons. The van der Waals surface area contributed by atoms with Crippen LogP contribution in [0.5, 0.6) is 0 Å². The second kappa shape index (κ2) is 9.09. The first kappa shape index (κ1) is 20.9. The lowest BCUT2D eigenvalue weighted by atomic mass is 10.1. The summed E-state index contributed by atoms with van der Waals surface area (Å²) in [5.41, 5.74) is 0.486. The lowest BCUT2D eigenvalue weighted by molar-refractivity contribution is -0.125. The number of nitrogens with zero attached hydrogens (tertiary/aromatic N) is 2. The molecule has 0 aliphatic rings. The number of fused-ring (bicyclic) bond motifs is 2. The highest BCUT2D eigenvalue weighted by Gasteiger charge is 2.14. The Kier molecular flexibility index (Phi) is 6.53. The van der Waals surface area contributed by atoms with Crippen molar-refractivity contribution < 1.29 is 9.59 Å². The molecule has 0 aliphatic heterocycles. The molecular weight excluding hydrogens is 388 g/mol. The van der Waals surface area contributed by atoms with Crippen LogP contribution in [0.3, 0.4) is 0 Å². The first-order valence-corrected chi connectivity index (χ1v) is 10.5. The van der Waals surface area contributed by atoms with E-state index in [1.54, 1.807) is 4.57 Å². The summed E-state index contributed by atoms with van der Waals surface area (Å²) in [5, 5.41) is 8.34. The number of nitrogens with one attached hydrogen (secondary N) is 2. The number of carbonyl (C=O) groups excluding carboxylic acids is 2. The molecule has 8 heteroatoms. The fourth-order valence-corrected chi connectivity index (χ4v) is 3.90. The smallest absolute Gasteiger partial charge is 0.262 e. The van der Waals surface area contributed by atoms with Crippen LogP contribution in [0.15, 0.2) is 46.3 Å². The Morgan fingerprint density at radius 1 is 1.14 bits per heavy atom. The highest BCUT2D eigenvalue weighted by molar-refractivity contribution is 7.99. The van der Waals surface area contributed by atoms with Gasteiger partial charge in [-0.15, -0.1) is 0 Å². The van der Waals surface area contributed by atoms with Crippen LogP contribution >= 0.6 is 11.8 Å². The van der Waals surface area contributed by atoms with E-state index in [0.29, 0.717) is 22.6 Å². The summed E-state index contributed by atoms with van der Waals surface area (Å²) in [7, 11) is 0. The maximum absolute atomic E-state index is 12.9. The molecule has 3 rings (SSSR count). The van der Waals surface area contributed by atoms with Gasteiger partial charge in [-0.1, -0.05) is 36.0 Å². The fourth-order valence-electron chi connectivity index (χ4n) is 3.01. The molecule has 0 atom stereocenters. The van der Waals surface area contributed by atoms with Gasteiger partial charge in [0.25, 0.3) is 5.56 Å². The quantitative estimate of drug-likeness (QED) is 0.353. The second-order valence-electron chi connectivity index (χ2n) is 6.95. The molecule has 2 N–H and O–H groups in total. The van der Waals surface area contributed by atoms with Crippen LogP contribution in [-0.4, -0.2) is 39.7 Å². The van der Waals surface area contributed by atoms with Crippen LogP contribution in [0, 0.1) is 0 Å². The van der Waals surface area contributed by atoms with Gasteiger partial charge in [-0.3, -0.25) is 19.0 Å². The van der Waals surface area contributed by atoms with E-state index in [9.17, 15) is 14.4 Å². The Balaban J connectivity index is 1.80.